The minimum absolute atomic E-state index is 0.184. The van der Waals surface area contributed by atoms with Gasteiger partial charge >= 0.3 is 0 Å². The number of aromatic nitrogens is 2. The number of rotatable bonds is 2. The fourth-order valence-corrected chi connectivity index (χ4v) is 2.32. The predicted molar refractivity (Wildman–Crippen MR) is 83.7 cm³/mol. The zero-order valence-corrected chi connectivity index (χ0v) is 12.1. The maximum Gasteiger partial charge on any atom is 0.258 e. The molecule has 104 valence electrons. The second-order valence-electron chi connectivity index (χ2n) is 4.62. The van der Waals surface area contributed by atoms with Crippen LogP contribution in [0.3, 0.4) is 0 Å². The fraction of sp³-hybridized carbons (Fsp3) is 0.0625. The minimum Gasteiger partial charge on any atom is -0.321 e. The molecular formula is C16H12ClN3O. The van der Waals surface area contributed by atoms with E-state index in [9.17, 15) is 4.79 Å². The normalized spacial score (nSPS) is 10.6. The van der Waals surface area contributed by atoms with E-state index in [0.717, 1.165) is 16.6 Å². The summed E-state index contributed by atoms with van der Waals surface area (Å²) >= 11 is 5.94. The van der Waals surface area contributed by atoms with Crippen LogP contribution >= 0.6 is 11.6 Å². The van der Waals surface area contributed by atoms with Gasteiger partial charge < -0.3 is 5.32 Å². The molecule has 0 aliphatic rings. The Morgan fingerprint density at radius 1 is 1.14 bits per heavy atom. The molecule has 5 heteroatoms. The van der Waals surface area contributed by atoms with Crippen molar-refractivity contribution in [1.82, 2.24) is 9.97 Å². The van der Waals surface area contributed by atoms with E-state index < -0.39 is 0 Å². The lowest BCUT2D eigenvalue weighted by Gasteiger charge is -2.09. The summed E-state index contributed by atoms with van der Waals surface area (Å²) in [5.74, 6) is -0.291. The van der Waals surface area contributed by atoms with Crippen molar-refractivity contribution in [2.24, 2.45) is 0 Å². The summed E-state index contributed by atoms with van der Waals surface area (Å²) in [6.45, 7) is 1.93. The molecule has 4 nitrogen and oxygen atoms in total. The van der Waals surface area contributed by atoms with Crippen LogP contribution in [0.25, 0.3) is 10.9 Å². The Hall–Kier alpha value is -2.46. The largest absolute Gasteiger partial charge is 0.321 e. The van der Waals surface area contributed by atoms with Crippen molar-refractivity contribution in [3.8, 4) is 0 Å². The first kappa shape index (κ1) is 13.5. The first-order valence-corrected chi connectivity index (χ1v) is 6.81. The zero-order valence-electron chi connectivity index (χ0n) is 11.3. The molecule has 1 N–H and O–H groups in total. The van der Waals surface area contributed by atoms with Gasteiger partial charge in [-0.25, -0.2) is 4.98 Å². The highest BCUT2D eigenvalue weighted by atomic mass is 35.5. The number of pyridine rings is 2. The quantitative estimate of drug-likeness (QED) is 0.731. The van der Waals surface area contributed by atoms with Gasteiger partial charge in [0, 0.05) is 17.3 Å². The number of fused-ring (bicyclic) bond motifs is 1. The van der Waals surface area contributed by atoms with Crippen LogP contribution in [0.15, 0.2) is 48.7 Å². The summed E-state index contributed by atoms with van der Waals surface area (Å²) in [7, 11) is 0. The Kier molecular flexibility index (Phi) is 3.54. The molecule has 0 saturated heterocycles. The topological polar surface area (TPSA) is 54.9 Å². The van der Waals surface area contributed by atoms with Gasteiger partial charge in [0.2, 0.25) is 0 Å². The lowest BCUT2D eigenvalue weighted by atomic mass is 10.1. The monoisotopic (exact) mass is 297 g/mol. The number of carbonyl (C=O) groups excluding carboxylic acids is 1. The summed E-state index contributed by atoms with van der Waals surface area (Å²) in [6.07, 6.45) is 1.55. The third-order valence-corrected chi connectivity index (χ3v) is 3.42. The van der Waals surface area contributed by atoms with Gasteiger partial charge in [-0.05, 0) is 43.3 Å². The lowest BCUT2D eigenvalue weighted by Crippen LogP contribution is -2.13. The van der Waals surface area contributed by atoms with Crippen LogP contribution in [-0.2, 0) is 0 Å². The number of nitrogens with one attached hydrogen (secondary N) is 1. The van der Waals surface area contributed by atoms with E-state index in [1.54, 1.807) is 18.3 Å². The molecule has 2 aromatic heterocycles. The van der Waals surface area contributed by atoms with Crippen LogP contribution in [-0.4, -0.2) is 15.9 Å². The van der Waals surface area contributed by atoms with Gasteiger partial charge in [-0.15, -0.1) is 0 Å². The molecule has 0 aliphatic heterocycles. The number of anilines is 1. The summed E-state index contributed by atoms with van der Waals surface area (Å²) in [4.78, 5) is 20.6. The van der Waals surface area contributed by atoms with Crippen molar-refractivity contribution < 1.29 is 4.79 Å². The number of halogens is 1. The Bertz CT molecular complexity index is 833. The van der Waals surface area contributed by atoms with E-state index in [1.807, 2.05) is 37.3 Å². The van der Waals surface area contributed by atoms with E-state index in [4.69, 9.17) is 11.6 Å². The molecule has 0 spiro atoms. The molecule has 0 unspecified atom stereocenters. The van der Waals surface area contributed by atoms with Gasteiger partial charge in [-0.2, -0.15) is 0 Å². The van der Waals surface area contributed by atoms with Crippen LogP contribution in [0.4, 0.5) is 5.69 Å². The van der Waals surface area contributed by atoms with Crippen molar-refractivity contribution in [2.75, 3.05) is 5.32 Å². The third kappa shape index (κ3) is 2.71. The smallest absolute Gasteiger partial charge is 0.258 e. The van der Waals surface area contributed by atoms with Gasteiger partial charge in [0.15, 0.2) is 0 Å². The number of nitrogens with zero attached hydrogens (tertiary/aromatic N) is 2. The Morgan fingerprint density at radius 3 is 2.81 bits per heavy atom. The van der Waals surface area contributed by atoms with E-state index in [0.29, 0.717) is 11.3 Å². The van der Waals surface area contributed by atoms with Crippen molar-refractivity contribution in [1.29, 1.82) is 0 Å². The SMILES string of the molecule is Cc1ccc2c(NC(=O)c3cccnc3Cl)cccc2n1. The standard InChI is InChI=1S/C16H12ClN3O/c1-10-7-8-11-13(19-10)5-2-6-14(11)20-16(21)12-4-3-9-18-15(12)17/h2-9H,1H3,(H,20,21). The van der Waals surface area contributed by atoms with Crippen molar-refractivity contribution in [3.63, 3.8) is 0 Å². The fourth-order valence-electron chi connectivity index (χ4n) is 2.11. The summed E-state index contributed by atoms with van der Waals surface area (Å²) in [6, 6.07) is 12.8. The predicted octanol–water partition coefficient (Wildman–Crippen LogP) is 3.84. The molecule has 3 aromatic rings. The zero-order chi connectivity index (χ0) is 14.8. The second-order valence-corrected chi connectivity index (χ2v) is 4.98. The Balaban J connectivity index is 1.99. The van der Waals surface area contributed by atoms with E-state index in [1.165, 1.54) is 0 Å². The maximum absolute atomic E-state index is 12.3. The average Bonchev–Trinajstić information content (AvgIpc) is 2.47. The summed E-state index contributed by atoms with van der Waals surface area (Å²) in [5.41, 5.74) is 2.81. The van der Waals surface area contributed by atoms with E-state index in [2.05, 4.69) is 15.3 Å². The lowest BCUT2D eigenvalue weighted by molar-refractivity contribution is 0.102. The molecule has 0 bridgehead atoms. The first-order valence-electron chi connectivity index (χ1n) is 6.43. The molecule has 1 aromatic carbocycles. The molecule has 2 heterocycles. The first-order chi connectivity index (χ1) is 10.1. The molecule has 0 radical (unpaired) electrons. The van der Waals surface area contributed by atoms with E-state index in [-0.39, 0.29) is 11.1 Å². The number of aryl methyl sites for hydroxylation is 1. The molecule has 0 aliphatic carbocycles. The average molecular weight is 298 g/mol. The van der Waals surface area contributed by atoms with Crippen LogP contribution in [0.2, 0.25) is 5.15 Å². The molecule has 21 heavy (non-hydrogen) atoms. The van der Waals surface area contributed by atoms with E-state index >= 15 is 0 Å². The highest BCUT2D eigenvalue weighted by Gasteiger charge is 2.12. The molecule has 1 amide bonds. The van der Waals surface area contributed by atoms with Crippen molar-refractivity contribution in [3.05, 3.63) is 65.1 Å². The molecule has 0 atom stereocenters. The highest BCUT2D eigenvalue weighted by molar-refractivity contribution is 6.33. The van der Waals surface area contributed by atoms with Gasteiger partial charge in [0.1, 0.15) is 5.15 Å². The third-order valence-electron chi connectivity index (χ3n) is 3.12. The summed E-state index contributed by atoms with van der Waals surface area (Å²) in [5, 5.41) is 3.93. The van der Waals surface area contributed by atoms with Crippen molar-refractivity contribution in [2.45, 2.75) is 6.92 Å². The Morgan fingerprint density at radius 2 is 2.00 bits per heavy atom. The van der Waals surface area contributed by atoms with Crippen LogP contribution in [0.5, 0.6) is 0 Å². The number of hydrogen-bond acceptors (Lipinski definition) is 3. The maximum atomic E-state index is 12.3. The minimum atomic E-state index is -0.291. The molecule has 0 fully saturated rings. The van der Waals surface area contributed by atoms with Crippen molar-refractivity contribution >= 4 is 34.1 Å². The number of carbonyl (C=O) groups is 1. The molecular weight excluding hydrogens is 286 g/mol. The number of amides is 1. The highest BCUT2D eigenvalue weighted by Crippen LogP contribution is 2.23. The van der Waals surface area contributed by atoms with Gasteiger partial charge in [0.25, 0.3) is 5.91 Å². The number of hydrogen-bond donors (Lipinski definition) is 1. The van der Waals surface area contributed by atoms with Crippen LogP contribution in [0.1, 0.15) is 16.1 Å². The van der Waals surface area contributed by atoms with Gasteiger partial charge in [-0.1, -0.05) is 17.7 Å². The van der Waals surface area contributed by atoms with Gasteiger partial charge in [-0.3, -0.25) is 9.78 Å². The van der Waals surface area contributed by atoms with Crippen LogP contribution < -0.4 is 5.32 Å². The second kappa shape index (κ2) is 5.50. The Labute approximate surface area is 126 Å². The number of benzene rings is 1. The molecule has 0 saturated carbocycles. The van der Waals surface area contributed by atoms with Gasteiger partial charge in [0.05, 0.1) is 16.8 Å². The molecule has 3 rings (SSSR count). The van der Waals surface area contributed by atoms with Crippen LogP contribution in [0, 0.1) is 6.92 Å². The summed E-state index contributed by atoms with van der Waals surface area (Å²) < 4.78 is 0.